The molecule has 18 heavy (non-hydrogen) atoms. The normalized spacial score (nSPS) is 10.9. The monoisotopic (exact) mass is 308 g/mol. The van der Waals surface area contributed by atoms with E-state index in [2.05, 4.69) is 34.9 Å². The van der Waals surface area contributed by atoms with Crippen molar-refractivity contribution in [3.8, 4) is 5.75 Å². The smallest absolute Gasteiger partial charge is 0.172 e. The average molecular weight is 309 g/mol. The zero-order valence-electron chi connectivity index (χ0n) is 10.6. The van der Waals surface area contributed by atoms with Gasteiger partial charge in [0.05, 0.1) is 6.20 Å². The van der Waals surface area contributed by atoms with Gasteiger partial charge in [0, 0.05) is 6.54 Å². The van der Waals surface area contributed by atoms with Gasteiger partial charge in [-0.25, -0.2) is 0 Å². The van der Waals surface area contributed by atoms with Crippen LogP contribution >= 0.6 is 15.9 Å². The molecule has 0 bridgehead atoms. The molecular formula is C14H17BrN2O. The Labute approximate surface area is 116 Å². The fourth-order valence-corrected chi connectivity index (χ4v) is 2.11. The van der Waals surface area contributed by atoms with E-state index < -0.39 is 0 Å². The first-order chi connectivity index (χ1) is 8.66. The lowest BCUT2D eigenvalue weighted by atomic mass is 10.2. The van der Waals surface area contributed by atoms with Crippen LogP contribution in [0.25, 0.3) is 0 Å². The van der Waals surface area contributed by atoms with Crippen LogP contribution in [0.4, 0.5) is 0 Å². The lowest BCUT2D eigenvalue weighted by Crippen LogP contribution is -2.06. The van der Waals surface area contributed by atoms with Crippen molar-refractivity contribution in [1.29, 1.82) is 0 Å². The van der Waals surface area contributed by atoms with Crippen molar-refractivity contribution in [3.05, 3.63) is 46.7 Å². The van der Waals surface area contributed by atoms with Gasteiger partial charge in [0.1, 0.15) is 11.2 Å². The second-order valence-electron chi connectivity index (χ2n) is 4.65. The first kappa shape index (κ1) is 13.1. The maximum Gasteiger partial charge on any atom is 0.172 e. The quantitative estimate of drug-likeness (QED) is 0.838. The minimum absolute atomic E-state index is 0.558. The van der Waals surface area contributed by atoms with E-state index in [1.54, 1.807) is 6.20 Å². The highest BCUT2D eigenvalue weighted by atomic mass is 79.9. The van der Waals surface area contributed by atoms with Crippen molar-refractivity contribution < 1.29 is 4.74 Å². The molecule has 1 aromatic heterocycles. The molecule has 0 saturated heterocycles. The SMILES string of the molecule is CC(C)Cn1ncc(OCc2ccccc2)c1Br. The number of hydrogen-bond donors (Lipinski definition) is 0. The van der Waals surface area contributed by atoms with Gasteiger partial charge in [-0.2, -0.15) is 5.10 Å². The Morgan fingerprint density at radius 2 is 2.00 bits per heavy atom. The Hall–Kier alpha value is -1.29. The molecule has 0 aliphatic carbocycles. The molecule has 0 N–H and O–H groups in total. The molecule has 96 valence electrons. The number of aromatic nitrogens is 2. The summed E-state index contributed by atoms with van der Waals surface area (Å²) in [4.78, 5) is 0. The average Bonchev–Trinajstić information content (AvgIpc) is 2.69. The molecule has 2 rings (SSSR count). The van der Waals surface area contributed by atoms with Gasteiger partial charge < -0.3 is 4.74 Å². The van der Waals surface area contributed by atoms with Crippen LogP contribution in [0.2, 0.25) is 0 Å². The lowest BCUT2D eigenvalue weighted by molar-refractivity contribution is 0.303. The Kier molecular flexibility index (Phi) is 4.42. The third-order valence-electron chi connectivity index (χ3n) is 2.52. The number of hydrogen-bond acceptors (Lipinski definition) is 2. The lowest BCUT2D eigenvalue weighted by Gasteiger charge is -2.07. The van der Waals surface area contributed by atoms with E-state index in [-0.39, 0.29) is 0 Å². The molecule has 0 saturated carbocycles. The van der Waals surface area contributed by atoms with Crippen LogP contribution in [0, 0.1) is 5.92 Å². The second kappa shape index (κ2) is 6.05. The van der Waals surface area contributed by atoms with Crippen molar-refractivity contribution in [3.63, 3.8) is 0 Å². The number of ether oxygens (including phenoxy) is 1. The Morgan fingerprint density at radius 1 is 1.28 bits per heavy atom. The van der Waals surface area contributed by atoms with Gasteiger partial charge in [-0.15, -0.1) is 0 Å². The number of halogens is 1. The standard InChI is InChI=1S/C14H17BrN2O/c1-11(2)9-17-14(15)13(8-16-17)18-10-12-6-4-3-5-7-12/h3-8,11H,9-10H2,1-2H3. The summed E-state index contributed by atoms with van der Waals surface area (Å²) in [5.41, 5.74) is 1.15. The molecule has 0 amide bonds. The Balaban J connectivity index is 2.00. The van der Waals surface area contributed by atoms with Gasteiger partial charge in [0.25, 0.3) is 0 Å². The summed E-state index contributed by atoms with van der Waals surface area (Å²) in [6, 6.07) is 10.1. The zero-order valence-corrected chi connectivity index (χ0v) is 12.2. The molecule has 0 radical (unpaired) electrons. The van der Waals surface area contributed by atoms with Crippen LogP contribution in [-0.4, -0.2) is 9.78 Å². The summed E-state index contributed by atoms with van der Waals surface area (Å²) in [6.07, 6.45) is 1.76. The predicted octanol–water partition coefficient (Wildman–Crippen LogP) is 3.88. The third-order valence-corrected chi connectivity index (χ3v) is 3.32. The number of nitrogens with zero attached hydrogens (tertiary/aromatic N) is 2. The molecule has 2 aromatic rings. The minimum Gasteiger partial charge on any atom is -0.484 e. The molecule has 0 atom stereocenters. The molecule has 0 unspecified atom stereocenters. The van der Waals surface area contributed by atoms with Gasteiger partial charge in [-0.1, -0.05) is 44.2 Å². The summed E-state index contributed by atoms with van der Waals surface area (Å²) in [6.45, 7) is 5.78. The van der Waals surface area contributed by atoms with Gasteiger partial charge >= 0.3 is 0 Å². The molecule has 0 fully saturated rings. The van der Waals surface area contributed by atoms with Crippen LogP contribution in [0.1, 0.15) is 19.4 Å². The van der Waals surface area contributed by atoms with Gasteiger partial charge in [-0.3, -0.25) is 4.68 Å². The molecule has 1 heterocycles. The molecule has 0 aliphatic heterocycles. The summed E-state index contributed by atoms with van der Waals surface area (Å²) in [5, 5.41) is 4.31. The highest BCUT2D eigenvalue weighted by Crippen LogP contribution is 2.25. The molecule has 3 nitrogen and oxygen atoms in total. The van der Waals surface area contributed by atoms with E-state index in [1.807, 2.05) is 35.0 Å². The first-order valence-electron chi connectivity index (χ1n) is 6.05. The van der Waals surface area contributed by atoms with Crippen LogP contribution in [-0.2, 0) is 13.2 Å². The minimum atomic E-state index is 0.558. The molecular weight excluding hydrogens is 292 g/mol. The van der Waals surface area contributed by atoms with Crippen LogP contribution < -0.4 is 4.74 Å². The van der Waals surface area contributed by atoms with Crippen LogP contribution in [0.5, 0.6) is 5.75 Å². The summed E-state index contributed by atoms with van der Waals surface area (Å²) >= 11 is 3.53. The molecule has 4 heteroatoms. The van der Waals surface area contributed by atoms with Crippen molar-refractivity contribution in [2.24, 2.45) is 5.92 Å². The van der Waals surface area contributed by atoms with E-state index in [9.17, 15) is 0 Å². The molecule has 0 spiro atoms. The maximum absolute atomic E-state index is 5.75. The van der Waals surface area contributed by atoms with E-state index in [1.165, 1.54) is 0 Å². The fourth-order valence-electron chi connectivity index (χ4n) is 1.66. The molecule has 1 aromatic carbocycles. The van der Waals surface area contributed by atoms with Crippen molar-refractivity contribution in [1.82, 2.24) is 9.78 Å². The van der Waals surface area contributed by atoms with Gasteiger partial charge in [0.15, 0.2) is 5.75 Å². The van der Waals surface area contributed by atoms with Crippen molar-refractivity contribution in [2.45, 2.75) is 27.0 Å². The molecule has 0 aliphatic rings. The summed E-state index contributed by atoms with van der Waals surface area (Å²) in [5.74, 6) is 1.35. The highest BCUT2D eigenvalue weighted by molar-refractivity contribution is 9.10. The van der Waals surface area contributed by atoms with E-state index in [0.717, 1.165) is 22.5 Å². The number of rotatable bonds is 5. The first-order valence-corrected chi connectivity index (χ1v) is 6.84. The maximum atomic E-state index is 5.75. The van der Waals surface area contributed by atoms with Gasteiger partial charge in [0.2, 0.25) is 0 Å². The topological polar surface area (TPSA) is 27.1 Å². The van der Waals surface area contributed by atoms with Crippen molar-refractivity contribution >= 4 is 15.9 Å². The highest BCUT2D eigenvalue weighted by Gasteiger charge is 2.10. The number of benzene rings is 1. The van der Waals surface area contributed by atoms with Crippen LogP contribution in [0.15, 0.2) is 41.1 Å². The van der Waals surface area contributed by atoms with Crippen molar-refractivity contribution in [2.75, 3.05) is 0 Å². The summed E-state index contributed by atoms with van der Waals surface area (Å²) < 4.78 is 8.59. The Bertz CT molecular complexity index is 494. The summed E-state index contributed by atoms with van der Waals surface area (Å²) in [7, 11) is 0. The van der Waals surface area contributed by atoms with Crippen LogP contribution in [0.3, 0.4) is 0 Å². The van der Waals surface area contributed by atoms with E-state index in [4.69, 9.17) is 4.74 Å². The third kappa shape index (κ3) is 3.35. The zero-order chi connectivity index (χ0) is 13.0. The Morgan fingerprint density at radius 3 is 2.67 bits per heavy atom. The van der Waals surface area contributed by atoms with E-state index in [0.29, 0.717) is 12.5 Å². The van der Waals surface area contributed by atoms with Gasteiger partial charge in [-0.05, 0) is 27.4 Å². The van der Waals surface area contributed by atoms with E-state index >= 15 is 0 Å². The largest absolute Gasteiger partial charge is 0.484 e. The predicted molar refractivity (Wildman–Crippen MR) is 75.5 cm³/mol. The second-order valence-corrected chi connectivity index (χ2v) is 5.40. The fraction of sp³-hybridized carbons (Fsp3) is 0.357.